The number of hydrogen-bond donors (Lipinski definition) is 2. The van der Waals surface area contributed by atoms with Crippen molar-refractivity contribution in [2.45, 2.75) is 24.9 Å². The Balaban J connectivity index is 2.03. The summed E-state index contributed by atoms with van der Waals surface area (Å²) >= 11 is 1.55. The molecule has 0 radical (unpaired) electrons. The Morgan fingerprint density at radius 2 is 1.76 bits per heavy atom. The monoisotopic (exact) mass is 302 g/mol. The second kappa shape index (κ2) is 7.88. The first kappa shape index (κ1) is 15.6. The minimum atomic E-state index is 0.432. The molecule has 0 saturated heterocycles. The molecule has 2 aromatic rings. The first-order valence-corrected chi connectivity index (χ1v) is 8.41. The summed E-state index contributed by atoms with van der Waals surface area (Å²) in [4.78, 5) is 8.93. The molecule has 1 aromatic carbocycles. The molecule has 0 fully saturated rings. The number of aromatic nitrogens is 2. The van der Waals surface area contributed by atoms with Crippen molar-refractivity contribution in [1.82, 2.24) is 9.97 Å². The van der Waals surface area contributed by atoms with Gasteiger partial charge in [-0.15, -0.1) is 0 Å². The van der Waals surface area contributed by atoms with E-state index in [1.807, 2.05) is 18.4 Å². The van der Waals surface area contributed by atoms with E-state index < -0.39 is 0 Å². The summed E-state index contributed by atoms with van der Waals surface area (Å²) in [6.07, 6.45) is 1.99. The van der Waals surface area contributed by atoms with Gasteiger partial charge in [-0.2, -0.15) is 0 Å². The zero-order chi connectivity index (χ0) is 15.1. The topological polar surface area (TPSA) is 49.8 Å². The fraction of sp³-hybridized carbons (Fsp3) is 0.375. The van der Waals surface area contributed by atoms with Gasteiger partial charge in [-0.05, 0) is 24.7 Å². The molecule has 21 heavy (non-hydrogen) atoms. The lowest BCUT2D eigenvalue weighted by molar-refractivity contribution is 0.797. The van der Waals surface area contributed by atoms with Crippen LogP contribution in [-0.2, 0) is 0 Å². The summed E-state index contributed by atoms with van der Waals surface area (Å²) in [6.45, 7) is 5.97. The summed E-state index contributed by atoms with van der Waals surface area (Å²) in [5.74, 6) is 2.17. The van der Waals surface area contributed by atoms with E-state index in [2.05, 4.69) is 58.7 Å². The van der Waals surface area contributed by atoms with Crippen LogP contribution in [0.2, 0.25) is 0 Å². The van der Waals surface area contributed by atoms with E-state index in [1.54, 1.807) is 11.8 Å². The Morgan fingerprint density at radius 1 is 1.10 bits per heavy atom. The second-order valence-electron chi connectivity index (χ2n) is 4.85. The molecule has 5 heteroatoms. The molecule has 4 nitrogen and oxygen atoms in total. The molecule has 1 heterocycles. The first-order chi connectivity index (χ1) is 10.2. The van der Waals surface area contributed by atoms with E-state index in [0.29, 0.717) is 5.92 Å². The lowest BCUT2D eigenvalue weighted by Crippen LogP contribution is -2.12. The predicted molar refractivity (Wildman–Crippen MR) is 91.3 cm³/mol. The Morgan fingerprint density at radius 3 is 2.38 bits per heavy atom. The molecule has 1 aromatic heterocycles. The number of hydrogen-bond acceptors (Lipinski definition) is 5. The van der Waals surface area contributed by atoms with Gasteiger partial charge < -0.3 is 10.6 Å². The number of nitrogens with zero attached hydrogens (tertiary/aromatic N) is 2. The van der Waals surface area contributed by atoms with Gasteiger partial charge in [0.05, 0.1) is 0 Å². The minimum absolute atomic E-state index is 0.432. The lowest BCUT2D eigenvalue weighted by Gasteiger charge is -2.14. The van der Waals surface area contributed by atoms with Crippen molar-refractivity contribution in [1.29, 1.82) is 0 Å². The maximum absolute atomic E-state index is 4.50. The quantitative estimate of drug-likeness (QED) is 0.601. The van der Waals surface area contributed by atoms with Crippen LogP contribution < -0.4 is 10.6 Å². The third kappa shape index (κ3) is 4.63. The summed E-state index contributed by atoms with van der Waals surface area (Å²) in [6, 6.07) is 12.5. The van der Waals surface area contributed by atoms with Crippen LogP contribution in [0.3, 0.4) is 0 Å². The predicted octanol–water partition coefficient (Wildman–Crippen LogP) is 3.85. The standard InChI is InChI=1S/C16H22N4S/c1-4-17-14-10-15(20-16(19-14)21-3)18-11-12(2)13-8-6-5-7-9-13/h5-10,12H,4,11H2,1-3H3,(H2,17,18,19,20). The fourth-order valence-electron chi connectivity index (χ4n) is 2.04. The number of benzene rings is 1. The van der Waals surface area contributed by atoms with Crippen LogP contribution in [0.4, 0.5) is 11.6 Å². The zero-order valence-electron chi connectivity index (χ0n) is 12.8. The molecule has 0 spiro atoms. The maximum atomic E-state index is 4.50. The molecule has 0 aliphatic heterocycles. The second-order valence-corrected chi connectivity index (χ2v) is 5.62. The molecule has 1 unspecified atom stereocenters. The molecule has 112 valence electrons. The van der Waals surface area contributed by atoms with Crippen LogP contribution in [0.5, 0.6) is 0 Å². The van der Waals surface area contributed by atoms with E-state index in [1.165, 1.54) is 5.56 Å². The van der Waals surface area contributed by atoms with Gasteiger partial charge in [-0.3, -0.25) is 0 Å². The third-order valence-electron chi connectivity index (χ3n) is 3.20. The highest BCUT2D eigenvalue weighted by molar-refractivity contribution is 7.98. The molecular weight excluding hydrogens is 280 g/mol. The Kier molecular flexibility index (Phi) is 5.87. The molecule has 2 rings (SSSR count). The van der Waals surface area contributed by atoms with E-state index in [0.717, 1.165) is 29.9 Å². The van der Waals surface area contributed by atoms with Crippen molar-refractivity contribution in [3.63, 3.8) is 0 Å². The zero-order valence-corrected chi connectivity index (χ0v) is 13.6. The van der Waals surface area contributed by atoms with Crippen molar-refractivity contribution < 1.29 is 0 Å². The van der Waals surface area contributed by atoms with Gasteiger partial charge in [0.25, 0.3) is 0 Å². The summed E-state index contributed by atoms with van der Waals surface area (Å²) in [5.41, 5.74) is 1.33. The Hall–Kier alpha value is -1.75. The van der Waals surface area contributed by atoms with Gasteiger partial charge in [-0.1, -0.05) is 49.0 Å². The van der Waals surface area contributed by atoms with Gasteiger partial charge in [0, 0.05) is 19.2 Å². The Bertz CT molecular complexity index is 559. The summed E-state index contributed by atoms with van der Waals surface area (Å²) in [7, 11) is 0. The summed E-state index contributed by atoms with van der Waals surface area (Å²) < 4.78 is 0. The van der Waals surface area contributed by atoms with Crippen LogP contribution in [0.1, 0.15) is 25.3 Å². The largest absolute Gasteiger partial charge is 0.370 e. The number of rotatable bonds is 7. The molecule has 0 aliphatic carbocycles. The SMILES string of the molecule is CCNc1cc(NCC(C)c2ccccc2)nc(SC)n1. The first-order valence-electron chi connectivity index (χ1n) is 7.18. The van der Waals surface area contributed by atoms with E-state index in [9.17, 15) is 0 Å². The van der Waals surface area contributed by atoms with E-state index in [-0.39, 0.29) is 0 Å². The normalized spacial score (nSPS) is 12.0. The third-order valence-corrected chi connectivity index (χ3v) is 3.75. The van der Waals surface area contributed by atoms with Crippen molar-refractivity contribution in [2.24, 2.45) is 0 Å². The minimum Gasteiger partial charge on any atom is -0.370 e. The highest BCUT2D eigenvalue weighted by atomic mass is 32.2. The molecule has 0 aliphatic rings. The maximum Gasteiger partial charge on any atom is 0.191 e. The van der Waals surface area contributed by atoms with Crippen LogP contribution in [0.15, 0.2) is 41.6 Å². The van der Waals surface area contributed by atoms with Crippen LogP contribution in [0, 0.1) is 0 Å². The van der Waals surface area contributed by atoms with E-state index >= 15 is 0 Å². The number of thioether (sulfide) groups is 1. The Labute approximate surface area is 130 Å². The molecular formula is C16H22N4S. The van der Waals surface area contributed by atoms with Gasteiger partial charge in [0.15, 0.2) is 5.16 Å². The fourth-order valence-corrected chi connectivity index (χ4v) is 2.42. The average molecular weight is 302 g/mol. The molecule has 0 amide bonds. The van der Waals surface area contributed by atoms with Crippen LogP contribution >= 0.6 is 11.8 Å². The van der Waals surface area contributed by atoms with Crippen LogP contribution in [-0.4, -0.2) is 29.3 Å². The highest BCUT2D eigenvalue weighted by Crippen LogP contribution is 2.19. The van der Waals surface area contributed by atoms with Crippen LogP contribution in [0.25, 0.3) is 0 Å². The van der Waals surface area contributed by atoms with Crippen molar-refractivity contribution >= 4 is 23.4 Å². The van der Waals surface area contributed by atoms with Crippen molar-refractivity contribution in [2.75, 3.05) is 30.0 Å². The molecule has 0 bridgehead atoms. The van der Waals surface area contributed by atoms with Gasteiger partial charge in [0.2, 0.25) is 0 Å². The van der Waals surface area contributed by atoms with Crippen molar-refractivity contribution in [3.05, 3.63) is 42.0 Å². The molecule has 0 saturated carbocycles. The smallest absolute Gasteiger partial charge is 0.191 e. The van der Waals surface area contributed by atoms with Gasteiger partial charge >= 0.3 is 0 Å². The van der Waals surface area contributed by atoms with Gasteiger partial charge in [-0.25, -0.2) is 9.97 Å². The average Bonchev–Trinajstić information content (AvgIpc) is 2.53. The summed E-state index contributed by atoms with van der Waals surface area (Å²) in [5, 5.41) is 7.43. The van der Waals surface area contributed by atoms with Gasteiger partial charge in [0.1, 0.15) is 11.6 Å². The highest BCUT2D eigenvalue weighted by Gasteiger charge is 2.07. The number of nitrogens with one attached hydrogen (secondary N) is 2. The lowest BCUT2D eigenvalue weighted by atomic mass is 10.0. The van der Waals surface area contributed by atoms with E-state index in [4.69, 9.17) is 0 Å². The van der Waals surface area contributed by atoms with Crippen molar-refractivity contribution in [3.8, 4) is 0 Å². The molecule has 1 atom stereocenters. The molecule has 2 N–H and O–H groups in total. The number of anilines is 2.